The molecule has 96 valence electrons. The molecule has 0 aromatic heterocycles. The average Bonchev–Trinajstić information content (AvgIpc) is 2.15. The molecule has 0 saturated heterocycles. The largest absolute Gasteiger partial charge is 0.241 e. The molecule has 0 amide bonds. The fourth-order valence-corrected chi connectivity index (χ4v) is 3.84. The minimum atomic E-state index is -3.40. The van der Waals surface area contributed by atoms with E-state index in [1.54, 1.807) is 6.07 Å². The normalized spacial score (nSPS) is 13.6. The maximum Gasteiger partial charge on any atom is 0.241 e. The minimum absolute atomic E-state index is 0.0694. The van der Waals surface area contributed by atoms with E-state index in [1.807, 2.05) is 32.9 Å². The third kappa shape index (κ3) is 4.08. The zero-order valence-electron chi connectivity index (χ0n) is 10.3. The predicted molar refractivity (Wildman–Crippen MR) is 74.1 cm³/mol. The molecule has 0 fully saturated rings. The first-order chi connectivity index (χ1) is 7.86. The van der Waals surface area contributed by atoms with Crippen LogP contribution in [0.5, 0.6) is 0 Å². The zero-order valence-corrected chi connectivity index (χ0v) is 12.7. The fraction of sp³-hybridized carbons (Fsp3) is 0.500. The van der Waals surface area contributed by atoms with E-state index in [-0.39, 0.29) is 6.04 Å². The second-order valence-electron chi connectivity index (χ2n) is 4.27. The van der Waals surface area contributed by atoms with Crippen molar-refractivity contribution in [1.29, 1.82) is 0 Å². The Hall–Kier alpha value is -0.390. The summed E-state index contributed by atoms with van der Waals surface area (Å²) in [4.78, 5) is 0.365. The lowest BCUT2D eigenvalue weighted by Gasteiger charge is -2.14. The van der Waals surface area contributed by atoms with Gasteiger partial charge in [-0.2, -0.15) is 0 Å². The highest BCUT2D eigenvalue weighted by Gasteiger charge is 2.18. The van der Waals surface area contributed by atoms with Crippen molar-refractivity contribution in [3.63, 3.8) is 0 Å². The van der Waals surface area contributed by atoms with Crippen molar-refractivity contribution in [1.82, 2.24) is 4.72 Å². The molecule has 0 bridgehead atoms. The first-order valence-electron chi connectivity index (χ1n) is 5.52. The number of nitrogens with one attached hydrogen (secondary N) is 1. The van der Waals surface area contributed by atoms with Crippen molar-refractivity contribution < 1.29 is 8.42 Å². The first kappa shape index (κ1) is 14.7. The molecule has 1 N–H and O–H groups in total. The number of halogens is 1. The van der Waals surface area contributed by atoms with E-state index in [9.17, 15) is 8.42 Å². The summed E-state index contributed by atoms with van der Waals surface area (Å²) in [7, 11) is -3.40. The first-order valence-corrected chi connectivity index (χ1v) is 8.13. The van der Waals surface area contributed by atoms with E-state index in [0.717, 1.165) is 22.9 Å². The van der Waals surface area contributed by atoms with Crippen LogP contribution < -0.4 is 4.72 Å². The standard InChI is InChI=1S/C12H18BrNO2S/c1-9-4-5-12(10(2)8-9)17(15,16)14-11(3)6-7-13/h4-5,8,11,14H,6-7H2,1-3H3. The van der Waals surface area contributed by atoms with E-state index in [1.165, 1.54) is 0 Å². The van der Waals surface area contributed by atoms with Gasteiger partial charge in [0.1, 0.15) is 0 Å². The summed E-state index contributed by atoms with van der Waals surface area (Å²) in [5.41, 5.74) is 1.85. The smallest absolute Gasteiger partial charge is 0.208 e. The molecule has 0 aliphatic rings. The Morgan fingerprint density at radius 3 is 2.53 bits per heavy atom. The van der Waals surface area contributed by atoms with Crippen molar-refractivity contribution in [2.24, 2.45) is 0 Å². The summed E-state index contributed by atoms with van der Waals surface area (Å²) in [6.07, 6.45) is 0.768. The van der Waals surface area contributed by atoms with Gasteiger partial charge in [-0.25, -0.2) is 13.1 Å². The summed E-state index contributed by atoms with van der Waals surface area (Å²) in [5, 5.41) is 0.781. The summed E-state index contributed by atoms with van der Waals surface area (Å²) < 4.78 is 26.9. The quantitative estimate of drug-likeness (QED) is 0.848. The van der Waals surface area contributed by atoms with Gasteiger partial charge in [-0.05, 0) is 38.8 Å². The summed E-state index contributed by atoms with van der Waals surface area (Å²) >= 11 is 3.30. The summed E-state index contributed by atoms with van der Waals surface area (Å²) in [6.45, 7) is 5.63. The maximum absolute atomic E-state index is 12.1. The van der Waals surface area contributed by atoms with Gasteiger partial charge in [0.05, 0.1) is 4.90 Å². The molecule has 0 aliphatic heterocycles. The molecule has 1 aromatic carbocycles. The second-order valence-corrected chi connectivity index (χ2v) is 6.74. The fourth-order valence-electron chi connectivity index (χ4n) is 1.65. The molecule has 3 nitrogen and oxygen atoms in total. The number of hydrogen-bond donors (Lipinski definition) is 1. The average molecular weight is 320 g/mol. The molecule has 5 heteroatoms. The highest BCUT2D eigenvalue weighted by Crippen LogP contribution is 2.17. The van der Waals surface area contributed by atoms with Crippen molar-refractivity contribution in [3.8, 4) is 0 Å². The van der Waals surface area contributed by atoms with Crippen LogP contribution >= 0.6 is 15.9 Å². The lowest BCUT2D eigenvalue weighted by Crippen LogP contribution is -2.33. The van der Waals surface area contributed by atoms with E-state index in [0.29, 0.717) is 4.90 Å². The van der Waals surface area contributed by atoms with Crippen molar-refractivity contribution in [2.75, 3.05) is 5.33 Å². The van der Waals surface area contributed by atoms with Gasteiger partial charge in [-0.15, -0.1) is 0 Å². The molecule has 0 heterocycles. The lowest BCUT2D eigenvalue weighted by molar-refractivity contribution is 0.557. The SMILES string of the molecule is Cc1ccc(S(=O)(=O)NC(C)CCBr)c(C)c1. The number of benzene rings is 1. The minimum Gasteiger partial charge on any atom is -0.208 e. The van der Waals surface area contributed by atoms with E-state index in [2.05, 4.69) is 20.7 Å². The Morgan fingerprint density at radius 2 is 2.00 bits per heavy atom. The van der Waals surface area contributed by atoms with Crippen LogP contribution in [-0.2, 0) is 10.0 Å². The third-order valence-corrected chi connectivity index (χ3v) is 4.73. The molecule has 1 rings (SSSR count). The molecule has 0 aliphatic carbocycles. The van der Waals surface area contributed by atoms with E-state index < -0.39 is 10.0 Å². The van der Waals surface area contributed by atoms with Gasteiger partial charge < -0.3 is 0 Å². The monoisotopic (exact) mass is 319 g/mol. The van der Waals surface area contributed by atoms with E-state index >= 15 is 0 Å². The summed E-state index contributed by atoms with van der Waals surface area (Å²) in [5.74, 6) is 0. The van der Waals surface area contributed by atoms with Crippen LogP contribution in [0.1, 0.15) is 24.5 Å². The molecule has 0 spiro atoms. The van der Waals surface area contributed by atoms with Gasteiger partial charge in [0, 0.05) is 11.4 Å². The predicted octanol–water partition coefficient (Wildman–Crippen LogP) is 2.76. The van der Waals surface area contributed by atoms with Crippen LogP contribution in [0.2, 0.25) is 0 Å². The van der Waals surface area contributed by atoms with E-state index in [4.69, 9.17) is 0 Å². The number of rotatable bonds is 5. The molecule has 1 atom stereocenters. The molecule has 0 saturated carbocycles. The molecule has 1 unspecified atom stereocenters. The Morgan fingerprint density at radius 1 is 1.35 bits per heavy atom. The van der Waals surface area contributed by atoms with Gasteiger partial charge in [0.15, 0.2) is 0 Å². The van der Waals surface area contributed by atoms with Crippen molar-refractivity contribution in [2.45, 2.75) is 38.1 Å². The summed E-state index contributed by atoms with van der Waals surface area (Å²) in [6, 6.07) is 5.29. The number of aryl methyl sites for hydroxylation is 2. The van der Waals surface area contributed by atoms with Crippen molar-refractivity contribution >= 4 is 26.0 Å². The van der Waals surface area contributed by atoms with Crippen LogP contribution in [0.15, 0.2) is 23.1 Å². The van der Waals surface area contributed by atoms with Crippen LogP contribution in [0, 0.1) is 13.8 Å². The number of alkyl halides is 1. The van der Waals surface area contributed by atoms with Crippen LogP contribution in [0.25, 0.3) is 0 Å². The van der Waals surface area contributed by atoms with Crippen molar-refractivity contribution in [3.05, 3.63) is 29.3 Å². The Bertz CT molecular complexity index is 485. The molecule has 17 heavy (non-hydrogen) atoms. The van der Waals surface area contributed by atoms with Crippen LogP contribution in [-0.4, -0.2) is 19.8 Å². The van der Waals surface area contributed by atoms with Gasteiger partial charge in [0.2, 0.25) is 10.0 Å². The topological polar surface area (TPSA) is 46.2 Å². The highest BCUT2D eigenvalue weighted by molar-refractivity contribution is 9.09. The number of sulfonamides is 1. The van der Waals surface area contributed by atoms with Crippen LogP contribution in [0.4, 0.5) is 0 Å². The second kappa shape index (κ2) is 5.98. The molecule has 0 radical (unpaired) electrons. The Balaban J connectivity index is 2.97. The Kier molecular flexibility index (Phi) is 5.16. The molecular weight excluding hydrogens is 302 g/mol. The zero-order chi connectivity index (χ0) is 13.1. The molecular formula is C12H18BrNO2S. The maximum atomic E-state index is 12.1. The third-order valence-electron chi connectivity index (χ3n) is 2.52. The molecule has 1 aromatic rings. The number of hydrogen-bond acceptors (Lipinski definition) is 2. The highest BCUT2D eigenvalue weighted by atomic mass is 79.9. The Labute approximate surface area is 112 Å². The lowest BCUT2D eigenvalue weighted by atomic mass is 10.2. The van der Waals surface area contributed by atoms with Gasteiger partial charge in [-0.3, -0.25) is 0 Å². The van der Waals surface area contributed by atoms with Gasteiger partial charge in [-0.1, -0.05) is 33.6 Å². The van der Waals surface area contributed by atoms with Gasteiger partial charge in [0.25, 0.3) is 0 Å². The van der Waals surface area contributed by atoms with Crippen LogP contribution in [0.3, 0.4) is 0 Å². The van der Waals surface area contributed by atoms with Gasteiger partial charge >= 0.3 is 0 Å².